The largest absolute Gasteiger partial charge is 0.622 e. The molecule has 0 radical (unpaired) electrons. The van der Waals surface area contributed by atoms with Gasteiger partial charge in [-0.25, -0.2) is 10.6 Å². The lowest BCUT2D eigenvalue weighted by molar-refractivity contribution is -0.553. The minimum Gasteiger partial charge on any atom is -0.622 e. The monoisotopic (exact) mass is 172 g/mol. The van der Waals surface area contributed by atoms with Crippen LogP contribution in [0.3, 0.4) is 0 Å². The van der Waals surface area contributed by atoms with Crippen LogP contribution in [0.25, 0.3) is 0 Å². The summed E-state index contributed by atoms with van der Waals surface area (Å²) < 4.78 is 0.925. The molecule has 5 heteroatoms. The third-order valence-electron chi connectivity index (χ3n) is 2.40. The molecule has 0 amide bonds. The van der Waals surface area contributed by atoms with Gasteiger partial charge in [-0.1, -0.05) is 0 Å². The second-order valence-electron chi connectivity index (χ2n) is 2.93. The van der Waals surface area contributed by atoms with Crippen molar-refractivity contribution in [2.24, 2.45) is 0 Å². The molecular formula is C7H16N4O. The van der Waals surface area contributed by atoms with E-state index in [0.29, 0.717) is 0 Å². The topological polar surface area (TPSA) is 62.2 Å². The van der Waals surface area contributed by atoms with Gasteiger partial charge in [0.15, 0.2) is 6.21 Å². The molecule has 1 aliphatic heterocycles. The Balaban J connectivity index is 2.76. The van der Waals surface area contributed by atoms with Crippen LogP contribution in [0.15, 0.2) is 0 Å². The van der Waals surface area contributed by atoms with Crippen LogP contribution in [0, 0.1) is 5.21 Å². The lowest BCUT2D eigenvalue weighted by Crippen LogP contribution is -2.59. The second-order valence-corrected chi connectivity index (χ2v) is 2.93. The highest BCUT2D eigenvalue weighted by molar-refractivity contribution is 5.61. The van der Waals surface area contributed by atoms with Gasteiger partial charge in [0, 0.05) is 0 Å². The molecule has 1 rings (SSSR count). The van der Waals surface area contributed by atoms with Crippen molar-refractivity contribution in [1.82, 2.24) is 16.0 Å². The molecule has 0 aromatic rings. The van der Waals surface area contributed by atoms with Gasteiger partial charge >= 0.3 is 0 Å². The van der Waals surface area contributed by atoms with Gasteiger partial charge < -0.3 is 10.5 Å². The molecule has 0 aliphatic carbocycles. The maximum Gasteiger partial charge on any atom is 0.286 e. The van der Waals surface area contributed by atoms with Gasteiger partial charge in [-0.2, -0.15) is 4.74 Å². The predicted octanol–water partition coefficient (Wildman–Crippen LogP) is -1.35. The van der Waals surface area contributed by atoms with E-state index in [1.165, 1.54) is 0 Å². The normalized spacial score (nSPS) is 27.2. The van der Waals surface area contributed by atoms with Gasteiger partial charge in [0.1, 0.15) is 0 Å². The fraction of sp³-hybridized carbons (Fsp3) is 0.857. The molecule has 12 heavy (non-hydrogen) atoms. The van der Waals surface area contributed by atoms with Crippen molar-refractivity contribution in [1.29, 1.82) is 0 Å². The van der Waals surface area contributed by atoms with E-state index < -0.39 is 5.79 Å². The Labute approximate surface area is 72.4 Å². The van der Waals surface area contributed by atoms with Crippen LogP contribution in [0.1, 0.15) is 6.42 Å². The molecule has 3 N–H and O–H groups in total. The number of rotatable bonds is 3. The highest BCUT2D eigenvalue weighted by Crippen LogP contribution is 2.14. The molecule has 0 saturated carbocycles. The zero-order valence-electron chi connectivity index (χ0n) is 7.72. The molecule has 0 aromatic carbocycles. The van der Waals surface area contributed by atoms with Gasteiger partial charge in [0.25, 0.3) is 5.79 Å². The van der Waals surface area contributed by atoms with Gasteiger partial charge in [-0.3, -0.25) is 0 Å². The smallest absolute Gasteiger partial charge is 0.286 e. The van der Waals surface area contributed by atoms with E-state index in [1.54, 1.807) is 20.3 Å². The molecule has 0 aromatic heterocycles. The SMILES string of the molecule is CNC1C=[N+]([O-])C(NC)(NC)C1. The zero-order chi connectivity index (χ0) is 9.19. The minimum absolute atomic E-state index is 0.141. The van der Waals surface area contributed by atoms with Crippen molar-refractivity contribution in [2.75, 3.05) is 21.1 Å². The number of hydrogen-bond donors (Lipinski definition) is 3. The van der Waals surface area contributed by atoms with Gasteiger partial charge in [0.2, 0.25) is 0 Å². The van der Waals surface area contributed by atoms with Crippen LogP contribution in [0.2, 0.25) is 0 Å². The van der Waals surface area contributed by atoms with Crippen LogP contribution in [-0.4, -0.2) is 43.9 Å². The lowest BCUT2D eigenvalue weighted by atomic mass is 10.2. The van der Waals surface area contributed by atoms with Crippen molar-refractivity contribution in [3.05, 3.63) is 5.21 Å². The third kappa shape index (κ3) is 1.31. The number of nitrogens with zero attached hydrogens (tertiary/aromatic N) is 1. The fourth-order valence-electron chi connectivity index (χ4n) is 1.48. The number of hydroxylamine groups is 1. The van der Waals surface area contributed by atoms with Crippen molar-refractivity contribution in [3.8, 4) is 0 Å². The molecule has 1 heterocycles. The first-order chi connectivity index (χ1) is 5.68. The Hall–Kier alpha value is -0.650. The number of nitrogens with one attached hydrogen (secondary N) is 3. The quantitative estimate of drug-likeness (QED) is 0.280. The summed E-state index contributed by atoms with van der Waals surface area (Å²) in [6, 6.07) is 0.141. The van der Waals surface area contributed by atoms with Crippen LogP contribution in [-0.2, 0) is 0 Å². The fourth-order valence-corrected chi connectivity index (χ4v) is 1.48. The predicted molar refractivity (Wildman–Crippen MR) is 48.0 cm³/mol. The molecular weight excluding hydrogens is 156 g/mol. The Kier molecular flexibility index (Phi) is 2.66. The molecule has 70 valence electrons. The first kappa shape index (κ1) is 9.44. The summed E-state index contributed by atoms with van der Waals surface area (Å²) in [5.41, 5.74) is 0. The van der Waals surface area contributed by atoms with E-state index in [-0.39, 0.29) is 6.04 Å². The first-order valence-electron chi connectivity index (χ1n) is 4.05. The van der Waals surface area contributed by atoms with Crippen molar-refractivity contribution >= 4 is 6.21 Å². The van der Waals surface area contributed by atoms with E-state index >= 15 is 0 Å². The molecule has 0 fully saturated rings. The third-order valence-corrected chi connectivity index (χ3v) is 2.40. The highest BCUT2D eigenvalue weighted by Gasteiger charge is 2.43. The van der Waals surface area contributed by atoms with Crippen molar-refractivity contribution in [2.45, 2.75) is 18.2 Å². The summed E-state index contributed by atoms with van der Waals surface area (Å²) in [7, 11) is 5.39. The van der Waals surface area contributed by atoms with Crippen LogP contribution in [0.5, 0.6) is 0 Å². The molecule has 0 saturated heterocycles. The van der Waals surface area contributed by atoms with Crippen LogP contribution in [0.4, 0.5) is 0 Å². The van der Waals surface area contributed by atoms with Gasteiger partial charge in [-0.05, 0) is 21.1 Å². The average molecular weight is 172 g/mol. The average Bonchev–Trinajstić information content (AvgIpc) is 2.43. The summed E-state index contributed by atoms with van der Waals surface area (Å²) in [4.78, 5) is 0. The molecule has 5 nitrogen and oxygen atoms in total. The molecule has 1 atom stereocenters. The minimum atomic E-state index is -0.631. The Bertz CT molecular complexity index is 188. The first-order valence-corrected chi connectivity index (χ1v) is 4.05. The maximum atomic E-state index is 11.4. The van der Waals surface area contributed by atoms with E-state index in [0.717, 1.165) is 11.2 Å². The van der Waals surface area contributed by atoms with E-state index in [9.17, 15) is 5.21 Å². The van der Waals surface area contributed by atoms with Crippen LogP contribution >= 0.6 is 0 Å². The lowest BCUT2D eigenvalue weighted by Gasteiger charge is -2.26. The summed E-state index contributed by atoms with van der Waals surface area (Å²) >= 11 is 0. The summed E-state index contributed by atoms with van der Waals surface area (Å²) in [6.45, 7) is 0. The van der Waals surface area contributed by atoms with Crippen molar-refractivity contribution < 1.29 is 4.74 Å². The van der Waals surface area contributed by atoms with Gasteiger partial charge in [0.05, 0.1) is 12.5 Å². The molecule has 0 bridgehead atoms. The van der Waals surface area contributed by atoms with E-state index in [2.05, 4.69) is 16.0 Å². The summed E-state index contributed by atoms with van der Waals surface area (Å²) in [5.74, 6) is -0.631. The Morgan fingerprint density at radius 3 is 2.25 bits per heavy atom. The summed E-state index contributed by atoms with van der Waals surface area (Å²) in [5, 5.41) is 20.4. The number of hydrogen-bond acceptors (Lipinski definition) is 4. The van der Waals surface area contributed by atoms with E-state index in [1.807, 2.05) is 7.05 Å². The van der Waals surface area contributed by atoms with Gasteiger partial charge in [-0.15, -0.1) is 0 Å². The second kappa shape index (κ2) is 3.38. The highest BCUT2D eigenvalue weighted by atomic mass is 16.5. The van der Waals surface area contributed by atoms with Crippen LogP contribution < -0.4 is 16.0 Å². The van der Waals surface area contributed by atoms with E-state index in [4.69, 9.17) is 0 Å². The zero-order valence-corrected chi connectivity index (χ0v) is 7.72. The maximum absolute atomic E-state index is 11.4. The molecule has 0 spiro atoms. The Morgan fingerprint density at radius 1 is 1.42 bits per heavy atom. The molecule has 1 unspecified atom stereocenters. The Morgan fingerprint density at radius 2 is 2.00 bits per heavy atom. The molecule has 1 aliphatic rings. The standard InChI is InChI=1S/C7H16N4O/c1-8-6-4-7(9-2,10-3)11(12)5-6/h5-6,8-10H,4H2,1-3H3. The summed E-state index contributed by atoms with van der Waals surface area (Å²) in [6.07, 6.45) is 2.35. The van der Waals surface area contributed by atoms with Crippen molar-refractivity contribution in [3.63, 3.8) is 0 Å².